The number of aryl methyl sites for hydroxylation is 1. The van der Waals surface area contributed by atoms with Crippen LogP contribution in [0.2, 0.25) is 0 Å². The van der Waals surface area contributed by atoms with Crippen LogP contribution in [0.25, 0.3) is 21.5 Å². The molecule has 0 bridgehead atoms. The van der Waals surface area contributed by atoms with Crippen LogP contribution in [0.1, 0.15) is 16.1 Å². The van der Waals surface area contributed by atoms with Gasteiger partial charge in [0, 0.05) is 16.8 Å². The summed E-state index contributed by atoms with van der Waals surface area (Å²) in [7, 11) is 0. The molecule has 0 spiro atoms. The van der Waals surface area contributed by atoms with Gasteiger partial charge in [-0.2, -0.15) is 0 Å². The van der Waals surface area contributed by atoms with Crippen molar-refractivity contribution in [1.29, 1.82) is 0 Å². The van der Waals surface area contributed by atoms with Crippen LogP contribution in [0.5, 0.6) is 0 Å². The summed E-state index contributed by atoms with van der Waals surface area (Å²) in [6, 6.07) is 10.0. The number of fused-ring (bicyclic) bond motifs is 1. The number of nitrogens with zero attached hydrogens (tertiary/aromatic N) is 2. The number of hydrogen-bond donors (Lipinski definition) is 1. The summed E-state index contributed by atoms with van der Waals surface area (Å²) in [4.78, 5) is 22.4. The zero-order chi connectivity index (χ0) is 17.4. The van der Waals surface area contributed by atoms with Crippen LogP contribution in [-0.4, -0.2) is 15.9 Å². The number of pyridine rings is 1. The molecule has 0 aliphatic heterocycles. The lowest BCUT2D eigenvalue weighted by atomic mass is 10.1. The van der Waals surface area contributed by atoms with Crippen molar-refractivity contribution < 1.29 is 9.18 Å². The fourth-order valence-corrected chi connectivity index (χ4v) is 3.97. The number of carbonyl (C=O) groups excluding carboxylic acids is 1. The van der Waals surface area contributed by atoms with E-state index in [2.05, 4.69) is 15.3 Å². The Morgan fingerprint density at radius 1 is 1.16 bits per heavy atom. The van der Waals surface area contributed by atoms with Gasteiger partial charge in [-0.1, -0.05) is 6.07 Å². The van der Waals surface area contributed by atoms with Crippen molar-refractivity contribution in [1.82, 2.24) is 9.97 Å². The number of hydrogen-bond acceptors (Lipinski definition) is 5. The Kier molecular flexibility index (Phi) is 4.03. The summed E-state index contributed by atoms with van der Waals surface area (Å²) in [6.07, 6.45) is 0. The van der Waals surface area contributed by atoms with Crippen LogP contribution in [0.4, 0.5) is 9.52 Å². The maximum atomic E-state index is 13.3. The second-order valence-electron chi connectivity index (χ2n) is 5.43. The van der Waals surface area contributed by atoms with E-state index in [-0.39, 0.29) is 11.7 Å². The summed E-state index contributed by atoms with van der Waals surface area (Å²) in [5.41, 5.74) is 2.38. The predicted molar refractivity (Wildman–Crippen MR) is 99.8 cm³/mol. The van der Waals surface area contributed by atoms with E-state index >= 15 is 0 Å². The normalized spacial score (nSPS) is 11.0. The van der Waals surface area contributed by atoms with Gasteiger partial charge in [0.05, 0.1) is 27.3 Å². The van der Waals surface area contributed by atoms with Gasteiger partial charge >= 0.3 is 0 Å². The van der Waals surface area contributed by atoms with E-state index in [1.165, 1.54) is 23.5 Å². The Balaban J connectivity index is 1.62. The molecule has 4 rings (SSSR count). The average Bonchev–Trinajstić information content (AvgIpc) is 3.25. The molecule has 1 aromatic carbocycles. The highest BCUT2D eigenvalue weighted by molar-refractivity contribution is 7.16. The SMILES string of the molecule is Cc1nc2cc(F)ccc2cc1C(=O)Nc1nc(-c2cccs2)cs1. The van der Waals surface area contributed by atoms with E-state index in [0.29, 0.717) is 21.9 Å². The quantitative estimate of drug-likeness (QED) is 0.545. The first-order chi connectivity index (χ1) is 12.1. The van der Waals surface area contributed by atoms with Crippen molar-refractivity contribution in [2.75, 3.05) is 5.32 Å². The fourth-order valence-electron chi connectivity index (χ4n) is 2.50. The summed E-state index contributed by atoms with van der Waals surface area (Å²) in [6.45, 7) is 1.73. The monoisotopic (exact) mass is 369 g/mol. The molecule has 3 aromatic heterocycles. The lowest BCUT2D eigenvalue weighted by molar-refractivity contribution is 0.102. The molecule has 25 heavy (non-hydrogen) atoms. The van der Waals surface area contributed by atoms with E-state index in [9.17, 15) is 9.18 Å². The minimum Gasteiger partial charge on any atom is -0.298 e. The number of carbonyl (C=O) groups is 1. The van der Waals surface area contributed by atoms with Gasteiger partial charge in [0.1, 0.15) is 5.82 Å². The summed E-state index contributed by atoms with van der Waals surface area (Å²) in [5.74, 6) is -0.621. The summed E-state index contributed by atoms with van der Waals surface area (Å²) < 4.78 is 13.3. The van der Waals surface area contributed by atoms with Gasteiger partial charge in [-0.15, -0.1) is 22.7 Å². The number of anilines is 1. The Morgan fingerprint density at radius 3 is 2.84 bits per heavy atom. The van der Waals surface area contributed by atoms with Gasteiger partial charge in [-0.25, -0.2) is 9.37 Å². The third-order valence-corrected chi connectivity index (χ3v) is 5.36. The maximum Gasteiger partial charge on any atom is 0.259 e. The maximum absolute atomic E-state index is 13.3. The molecule has 0 radical (unpaired) electrons. The molecule has 0 fully saturated rings. The van der Waals surface area contributed by atoms with Crippen LogP contribution in [0.15, 0.2) is 47.2 Å². The Hall–Kier alpha value is -2.64. The fraction of sp³-hybridized carbons (Fsp3) is 0.0556. The molecular weight excluding hydrogens is 357 g/mol. The molecule has 0 atom stereocenters. The molecule has 1 N–H and O–H groups in total. The van der Waals surface area contributed by atoms with Crippen molar-refractivity contribution in [2.45, 2.75) is 6.92 Å². The standard InChI is InChI=1S/C18H12FN3OS2/c1-10-13(7-11-4-5-12(19)8-14(11)20-10)17(23)22-18-21-15(9-25-18)16-3-2-6-24-16/h2-9H,1H3,(H,21,22,23). The number of rotatable bonds is 3. The number of thiophene rings is 1. The molecule has 0 aliphatic carbocycles. The van der Waals surface area contributed by atoms with Crippen LogP contribution in [-0.2, 0) is 0 Å². The summed E-state index contributed by atoms with van der Waals surface area (Å²) in [5, 5.41) is 7.97. The second kappa shape index (κ2) is 6.34. The zero-order valence-electron chi connectivity index (χ0n) is 13.1. The van der Waals surface area contributed by atoms with Gasteiger partial charge in [0.25, 0.3) is 5.91 Å². The summed E-state index contributed by atoms with van der Waals surface area (Å²) >= 11 is 2.98. The van der Waals surface area contributed by atoms with E-state index in [0.717, 1.165) is 16.0 Å². The minimum atomic E-state index is -0.347. The molecule has 0 saturated carbocycles. The lowest BCUT2D eigenvalue weighted by Crippen LogP contribution is -2.14. The molecule has 3 heterocycles. The first kappa shape index (κ1) is 15.9. The predicted octanol–water partition coefficient (Wildman–Crippen LogP) is 5.12. The van der Waals surface area contributed by atoms with Crippen LogP contribution >= 0.6 is 22.7 Å². The topological polar surface area (TPSA) is 54.9 Å². The van der Waals surface area contributed by atoms with Gasteiger partial charge in [-0.3, -0.25) is 15.1 Å². The average molecular weight is 369 g/mol. The second-order valence-corrected chi connectivity index (χ2v) is 7.23. The minimum absolute atomic E-state index is 0.275. The van der Waals surface area contributed by atoms with Crippen LogP contribution < -0.4 is 5.32 Å². The van der Waals surface area contributed by atoms with E-state index in [1.807, 2.05) is 22.9 Å². The number of nitrogens with one attached hydrogen (secondary N) is 1. The number of amides is 1. The van der Waals surface area contributed by atoms with E-state index < -0.39 is 0 Å². The number of benzene rings is 1. The lowest BCUT2D eigenvalue weighted by Gasteiger charge is -2.07. The van der Waals surface area contributed by atoms with Crippen molar-refractivity contribution in [3.8, 4) is 10.6 Å². The first-order valence-corrected chi connectivity index (χ1v) is 9.24. The van der Waals surface area contributed by atoms with Crippen molar-refractivity contribution in [2.24, 2.45) is 0 Å². The molecule has 7 heteroatoms. The molecule has 4 nitrogen and oxygen atoms in total. The van der Waals surface area contributed by atoms with Crippen molar-refractivity contribution in [3.05, 3.63) is 64.2 Å². The molecule has 0 aliphatic rings. The molecule has 4 aromatic rings. The third-order valence-electron chi connectivity index (χ3n) is 3.71. The van der Waals surface area contributed by atoms with Gasteiger partial charge in [-0.05, 0) is 36.6 Å². The Labute approximate surface area is 151 Å². The van der Waals surface area contributed by atoms with Gasteiger partial charge in [0.2, 0.25) is 0 Å². The molecule has 0 unspecified atom stereocenters. The van der Waals surface area contributed by atoms with Gasteiger partial charge < -0.3 is 0 Å². The van der Waals surface area contributed by atoms with Crippen molar-refractivity contribution in [3.63, 3.8) is 0 Å². The Bertz CT molecular complexity index is 1070. The molecule has 1 amide bonds. The van der Waals surface area contributed by atoms with E-state index in [4.69, 9.17) is 0 Å². The highest BCUT2D eigenvalue weighted by Gasteiger charge is 2.14. The molecular formula is C18H12FN3OS2. The first-order valence-electron chi connectivity index (χ1n) is 7.48. The van der Waals surface area contributed by atoms with Gasteiger partial charge in [0.15, 0.2) is 5.13 Å². The van der Waals surface area contributed by atoms with Crippen LogP contribution in [0.3, 0.4) is 0 Å². The number of aromatic nitrogens is 2. The largest absolute Gasteiger partial charge is 0.298 e. The third kappa shape index (κ3) is 3.16. The zero-order valence-corrected chi connectivity index (χ0v) is 14.7. The highest BCUT2D eigenvalue weighted by atomic mass is 32.1. The highest BCUT2D eigenvalue weighted by Crippen LogP contribution is 2.28. The van der Waals surface area contributed by atoms with Crippen LogP contribution in [0, 0.1) is 12.7 Å². The molecule has 124 valence electrons. The smallest absolute Gasteiger partial charge is 0.259 e. The number of halogens is 1. The molecule has 0 saturated heterocycles. The number of thiazole rings is 1. The van der Waals surface area contributed by atoms with E-state index in [1.54, 1.807) is 30.4 Å². The van der Waals surface area contributed by atoms with Crippen molar-refractivity contribution >= 4 is 44.6 Å². The Morgan fingerprint density at radius 2 is 2.04 bits per heavy atom.